The number of hydrogen-bond donors (Lipinski definition) is 0. The molecule has 152 valence electrons. The average molecular weight is 406 g/mol. The molecule has 0 saturated carbocycles. The molecule has 0 bridgehead atoms. The lowest BCUT2D eigenvalue weighted by molar-refractivity contribution is 0.320. The molecule has 0 N–H and O–H groups in total. The van der Waals surface area contributed by atoms with Crippen molar-refractivity contribution < 1.29 is 4.74 Å². The van der Waals surface area contributed by atoms with E-state index >= 15 is 0 Å². The molecule has 3 heteroatoms. The van der Waals surface area contributed by atoms with E-state index in [1.54, 1.807) is 11.3 Å². The number of thiazole rings is 1. The van der Waals surface area contributed by atoms with Gasteiger partial charge in [0, 0.05) is 16.9 Å². The van der Waals surface area contributed by atoms with Gasteiger partial charge in [0.05, 0.1) is 12.3 Å². The normalized spacial score (nSPS) is 10.0. The van der Waals surface area contributed by atoms with Gasteiger partial charge in [0.1, 0.15) is 10.8 Å². The van der Waals surface area contributed by atoms with E-state index in [1.807, 2.05) is 6.07 Å². The number of nitrogens with zero attached hydrogens (tertiary/aromatic N) is 1. The highest BCUT2D eigenvalue weighted by molar-refractivity contribution is 7.15. The van der Waals surface area contributed by atoms with Gasteiger partial charge >= 0.3 is 0 Å². The van der Waals surface area contributed by atoms with Crippen LogP contribution >= 0.6 is 11.3 Å². The molecule has 3 rings (SSSR count). The third kappa shape index (κ3) is 6.74. The Labute approximate surface area is 179 Å². The molecule has 0 atom stereocenters. The molecule has 1 heterocycles. The maximum Gasteiger partial charge on any atom is 0.123 e. The molecule has 29 heavy (non-hydrogen) atoms. The summed E-state index contributed by atoms with van der Waals surface area (Å²) >= 11 is 1.76. The van der Waals surface area contributed by atoms with Crippen molar-refractivity contribution in [1.29, 1.82) is 0 Å². The highest BCUT2D eigenvalue weighted by atomic mass is 32.1. The van der Waals surface area contributed by atoms with E-state index in [2.05, 4.69) is 82.1 Å². The zero-order valence-corrected chi connectivity index (χ0v) is 18.6. The summed E-state index contributed by atoms with van der Waals surface area (Å²) in [6, 6.07) is 16.9. The van der Waals surface area contributed by atoms with Crippen molar-refractivity contribution in [3.05, 3.63) is 89.1 Å². The average Bonchev–Trinajstić information content (AvgIpc) is 3.11. The van der Waals surface area contributed by atoms with Crippen LogP contribution in [0.1, 0.15) is 42.0 Å². The summed E-state index contributed by atoms with van der Waals surface area (Å²) < 4.78 is 6.02. The molecule has 0 unspecified atom stereocenters. The smallest absolute Gasteiger partial charge is 0.123 e. The van der Waals surface area contributed by atoms with Crippen molar-refractivity contribution >= 4 is 11.3 Å². The highest BCUT2D eigenvalue weighted by Gasteiger charge is 2.10. The minimum atomic E-state index is 0.662. The molecule has 0 saturated heterocycles. The lowest BCUT2D eigenvalue weighted by Gasteiger charge is -2.11. The number of hydrogen-bond acceptors (Lipinski definition) is 3. The predicted molar refractivity (Wildman–Crippen MR) is 126 cm³/mol. The number of ether oxygens (including phenoxy) is 1. The van der Waals surface area contributed by atoms with Crippen molar-refractivity contribution in [2.75, 3.05) is 6.61 Å². The molecule has 2 aromatic carbocycles. The van der Waals surface area contributed by atoms with Crippen LogP contribution in [0, 0.1) is 6.92 Å². The van der Waals surface area contributed by atoms with Gasteiger partial charge in [-0.1, -0.05) is 69.8 Å². The molecule has 0 aliphatic carbocycles. The van der Waals surface area contributed by atoms with Gasteiger partial charge in [-0.15, -0.1) is 17.1 Å². The Balaban J connectivity index is 0.000000941. The van der Waals surface area contributed by atoms with Crippen molar-refractivity contribution in [2.24, 2.45) is 0 Å². The predicted octanol–water partition coefficient (Wildman–Crippen LogP) is 7.21. The van der Waals surface area contributed by atoms with Crippen molar-refractivity contribution in [3.63, 3.8) is 0 Å². The first-order valence-corrected chi connectivity index (χ1v) is 11.0. The largest absolute Gasteiger partial charge is 0.493 e. The van der Waals surface area contributed by atoms with Crippen molar-refractivity contribution in [1.82, 2.24) is 4.98 Å². The van der Waals surface area contributed by atoms with Crippen LogP contribution in [0.3, 0.4) is 0 Å². The second kappa shape index (κ2) is 12.1. The zero-order chi connectivity index (χ0) is 21.1. The number of aromatic nitrogens is 1. The van der Waals surface area contributed by atoms with Crippen LogP contribution in [0.25, 0.3) is 10.6 Å². The summed E-state index contributed by atoms with van der Waals surface area (Å²) in [5.74, 6) is 0.970. The maximum absolute atomic E-state index is 6.02. The molecule has 3 aromatic rings. The maximum atomic E-state index is 6.02. The monoisotopic (exact) mass is 405 g/mol. The second-order valence-electron chi connectivity index (χ2n) is 6.77. The summed E-state index contributed by atoms with van der Waals surface area (Å²) in [6.45, 7) is 13.5. The fraction of sp³-hybridized carbons (Fsp3) is 0.308. The molecule has 0 fully saturated rings. The van der Waals surface area contributed by atoms with E-state index in [9.17, 15) is 0 Å². The molecular weight excluding hydrogens is 374 g/mol. The minimum absolute atomic E-state index is 0.662. The number of aryl methyl sites for hydroxylation is 3. The van der Waals surface area contributed by atoms with Crippen molar-refractivity contribution in [2.45, 2.75) is 46.5 Å². The van der Waals surface area contributed by atoms with Gasteiger partial charge in [0.2, 0.25) is 0 Å². The van der Waals surface area contributed by atoms with Crippen LogP contribution < -0.4 is 4.74 Å². The summed E-state index contributed by atoms with van der Waals surface area (Å²) in [4.78, 5) is 6.10. The number of benzene rings is 2. The Morgan fingerprint density at radius 1 is 1.00 bits per heavy atom. The molecule has 1 aromatic heterocycles. The second-order valence-corrected chi connectivity index (χ2v) is 7.97. The topological polar surface area (TPSA) is 22.1 Å². The zero-order valence-electron chi connectivity index (χ0n) is 17.8. The van der Waals surface area contributed by atoms with Crippen LogP contribution in [-0.2, 0) is 19.3 Å². The van der Waals surface area contributed by atoms with E-state index in [0.29, 0.717) is 6.61 Å². The van der Waals surface area contributed by atoms with E-state index in [-0.39, 0.29) is 0 Å². The van der Waals surface area contributed by atoms with E-state index in [4.69, 9.17) is 9.72 Å². The first kappa shape index (κ1) is 22.7. The van der Waals surface area contributed by atoms with Gasteiger partial charge < -0.3 is 4.74 Å². The molecule has 0 radical (unpaired) electrons. The third-order valence-corrected chi connectivity index (χ3v) is 5.66. The summed E-state index contributed by atoms with van der Waals surface area (Å²) in [7, 11) is 0. The molecule has 0 amide bonds. The van der Waals surface area contributed by atoms with Crippen LogP contribution in [0.2, 0.25) is 0 Å². The Kier molecular flexibility index (Phi) is 9.43. The molecular formula is C26H31NOS. The van der Waals surface area contributed by atoms with E-state index in [1.165, 1.54) is 28.0 Å². The van der Waals surface area contributed by atoms with Crippen molar-refractivity contribution in [3.8, 4) is 16.3 Å². The summed E-state index contributed by atoms with van der Waals surface area (Å²) in [5, 5.41) is 1.09. The molecule has 0 aliphatic rings. The standard InChI is InChI=1S/C23H27NOS.C3H4/c1-4-9-19-12-13-21(16-18(19)5-2)25-15-14-22-17(3)26-23(24-22)20-10-7-6-8-11-20;1-3-2/h6-8,10-13,16H,4-5,9,14-15H2,1-3H3;1-2H2. The van der Waals surface area contributed by atoms with Gasteiger partial charge in [0.25, 0.3) is 0 Å². The van der Waals surface area contributed by atoms with Gasteiger partial charge in [0.15, 0.2) is 0 Å². The fourth-order valence-corrected chi connectivity index (χ4v) is 4.13. The summed E-state index contributed by atoms with van der Waals surface area (Å²) in [5.41, 5.74) is 7.43. The van der Waals surface area contributed by atoms with Gasteiger partial charge in [-0.2, -0.15) is 0 Å². The lowest BCUT2D eigenvalue weighted by Crippen LogP contribution is -2.03. The molecule has 0 spiro atoms. The minimum Gasteiger partial charge on any atom is -0.493 e. The first-order valence-electron chi connectivity index (χ1n) is 10.2. The van der Waals surface area contributed by atoms with Crippen LogP contribution in [0.15, 0.2) is 67.4 Å². The van der Waals surface area contributed by atoms with Crippen LogP contribution in [0.4, 0.5) is 0 Å². The summed E-state index contributed by atoms with van der Waals surface area (Å²) in [6.07, 6.45) is 4.22. The first-order chi connectivity index (χ1) is 14.1. The van der Waals surface area contributed by atoms with Crippen LogP contribution in [0.5, 0.6) is 5.75 Å². The van der Waals surface area contributed by atoms with E-state index in [0.717, 1.165) is 35.7 Å². The Morgan fingerprint density at radius 2 is 1.72 bits per heavy atom. The van der Waals surface area contributed by atoms with Gasteiger partial charge in [-0.25, -0.2) is 4.98 Å². The lowest BCUT2D eigenvalue weighted by atomic mass is 10.0. The Hall–Kier alpha value is -2.61. The van der Waals surface area contributed by atoms with Gasteiger partial charge in [-0.3, -0.25) is 0 Å². The molecule has 0 aliphatic heterocycles. The Morgan fingerprint density at radius 3 is 2.38 bits per heavy atom. The quantitative estimate of drug-likeness (QED) is 0.369. The van der Waals surface area contributed by atoms with Crippen LogP contribution in [-0.4, -0.2) is 11.6 Å². The fourth-order valence-electron chi connectivity index (χ4n) is 3.16. The Bertz CT molecular complexity index is 921. The van der Waals surface area contributed by atoms with Gasteiger partial charge in [-0.05, 0) is 43.0 Å². The number of rotatable bonds is 8. The SMILES string of the molecule is C=C=C.CCCc1ccc(OCCc2nc(-c3ccccc3)sc2C)cc1CC. The third-order valence-electron chi connectivity index (χ3n) is 4.60. The molecule has 2 nitrogen and oxygen atoms in total. The highest BCUT2D eigenvalue weighted by Crippen LogP contribution is 2.28. The van der Waals surface area contributed by atoms with E-state index < -0.39 is 0 Å².